The third-order valence-corrected chi connectivity index (χ3v) is 6.95. The van der Waals surface area contributed by atoms with Crippen LogP contribution in [0.25, 0.3) is 5.57 Å². The first-order chi connectivity index (χ1) is 13.0. The number of piperidine rings is 1. The van der Waals surface area contributed by atoms with E-state index in [-0.39, 0.29) is 17.3 Å². The molecule has 1 saturated carbocycles. The minimum Gasteiger partial charge on any atom is -0.373 e. The maximum Gasteiger partial charge on any atom is 0.228 e. The number of ether oxygens (including phenoxy) is 1. The summed E-state index contributed by atoms with van der Waals surface area (Å²) < 4.78 is 6.24. The SMILES string of the molecule is CC1(C(=O)N2CCC(C3CC4=C(CO3)c3ncccc3C(=O)C4)CC2)CC1. The lowest BCUT2D eigenvalue weighted by Gasteiger charge is -2.40. The van der Waals surface area contributed by atoms with Gasteiger partial charge in [0.1, 0.15) is 0 Å². The number of pyridine rings is 1. The van der Waals surface area contributed by atoms with Crippen LogP contribution in [0.3, 0.4) is 0 Å². The molecule has 1 aromatic heterocycles. The van der Waals surface area contributed by atoms with E-state index < -0.39 is 0 Å². The summed E-state index contributed by atoms with van der Waals surface area (Å²) in [6.45, 7) is 4.32. The molecular weight excluding hydrogens is 340 g/mol. The van der Waals surface area contributed by atoms with E-state index in [1.165, 1.54) is 5.57 Å². The largest absolute Gasteiger partial charge is 0.373 e. The molecule has 2 fully saturated rings. The van der Waals surface area contributed by atoms with Gasteiger partial charge in [0.25, 0.3) is 0 Å². The Morgan fingerprint density at radius 3 is 2.81 bits per heavy atom. The minimum absolute atomic E-state index is 0.0727. The van der Waals surface area contributed by atoms with Gasteiger partial charge < -0.3 is 9.64 Å². The van der Waals surface area contributed by atoms with Crippen LogP contribution in [-0.4, -0.2) is 47.4 Å². The van der Waals surface area contributed by atoms with Crippen molar-refractivity contribution < 1.29 is 14.3 Å². The maximum atomic E-state index is 12.5. The van der Waals surface area contributed by atoms with E-state index in [9.17, 15) is 9.59 Å². The number of rotatable bonds is 2. The van der Waals surface area contributed by atoms with E-state index in [0.29, 0.717) is 24.9 Å². The molecule has 2 aliphatic carbocycles. The molecule has 0 radical (unpaired) electrons. The first kappa shape index (κ1) is 17.1. The zero-order valence-corrected chi connectivity index (χ0v) is 15.9. The summed E-state index contributed by atoms with van der Waals surface area (Å²) in [5.41, 5.74) is 3.82. The van der Waals surface area contributed by atoms with E-state index in [4.69, 9.17) is 4.74 Å². The van der Waals surface area contributed by atoms with Crippen LogP contribution in [0.5, 0.6) is 0 Å². The molecular formula is C22H26N2O3. The number of Topliss-reactive ketones (excluding diaryl/α,β-unsaturated/α-hetero) is 1. The molecule has 1 aromatic rings. The van der Waals surface area contributed by atoms with Gasteiger partial charge in [0.2, 0.25) is 5.91 Å². The molecule has 142 valence electrons. The molecule has 5 rings (SSSR count). The maximum absolute atomic E-state index is 12.5. The summed E-state index contributed by atoms with van der Waals surface area (Å²) >= 11 is 0. The lowest BCUT2D eigenvalue weighted by molar-refractivity contribution is -0.138. The highest BCUT2D eigenvalue weighted by Gasteiger charge is 2.48. The molecule has 5 heteroatoms. The topological polar surface area (TPSA) is 59.5 Å². The van der Waals surface area contributed by atoms with Crippen molar-refractivity contribution in [3.8, 4) is 0 Å². The minimum atomic E-state index is -0.0727. The molecule has 0 spiro atoms. The molecule has 4 aliphatic rings. The number of amides is 1. The van der Waals surface area contributed by atoms with Crippen molar-refractivity contribution in [2.24, 2.45) is 11.3 Å². The Labute approximate surface area is 159 Å². The van der Waals surface area contributed by atoms with Crippen LogP contribution >= 0.6 is 0 Å². The van der Waals surface area contributed by atoms with E-state index in [0.717, 1.165) is 62.0 Å². The second-order valence-electron chi connectivity index (χ2n) is 8.83. The first-order valence-electron chi connectivity index (χ1n) is 10.2. The number of nitrogens with zero attached hydrogens (tertiary/aromatic N) is 2. The van der Waals surface area contributed by atoms with Crippen LogP contribution in [0, 0.1) is 11.3 Å². The zero-order valence-electron chi connectivity index (χ0n) is 15.9. The van der Waals surface area contributed by atoms with Gasteiger partial charge in [-0.2, -0.15) is 0 Å². The smallest absolute Gasteiger partial charge is 0.228 e. The lowest BCUT2D eigenvalue weighted by Crippen LogP contribution is -2.45. The Morgan fingerprint density at radius 1 is 1.30 bits per heavy atom. The molecule has 0 aromatic carbocycles. The molecule has 1 saturated heterocycles. The normalized spacial score (nSPS) is 27.2. The van der Waals surface area contributed by atoms with E-state index in [1.54, 1.807) is 6.20 Å². The Hall–Kier alpha value is -2.01. The monoisotopic (exact) mass is 366 g/mol. The van der Waals surface area contributed by atoms with Crippen molar-refractivity contribution in [1.82, 2.24) is 9.88 Å². The molecule has 0 bridgehead atoms. The fourth-order valence-corrected chi connectivity index (χ4v) is 4.85. The molecule has 5 nitrogen and oxygen atoms in total. The molecule has 0 N–H and O–H groups in total. The predicted molar refractivity (Wildman–Crippen MR) is 101 cm³/mol. The van der Waals surface area contributed by atoms with Crippen molar-refractivity contribution in [2.75, 3.05) is 19.7 Å². The number of hydrogen-bond donors (Lipinski definition) is 0. The number of fused-ring (bicyclic) bond motifs is 2. The lowest BCUT2D eigenvalue weighted by atomic mass is 9.80. The number of carbonyl (C=O) groups excluding carboxylic acids is 2. The summed E-state index contributed by atoms with van der Waals surface area (Å²) in [5, 5.41) is 0. The van der Waals surface area contributed by atoms with Gasteiger partial charge in [0, 0.05) is 42.3 Å². The van der Waals surface area contributed by atoms with Gasteiger partial charge in [0.05, 0.1) is 18.4 Å². The summed E-state index contributed by atoms with van der Waals surface area (Å²) in [6.07, 6.45) is 7.32. The van der Waals surface area contributed by atoms with Gasteiger partial charge in [-0.3, -0.25) is 14.6 Å². The van der Waals surface area contributed by atoms with Gasteiger partial charge in [0.15, 0.2) is 5.78 Å². The van der Waals surface area contributed by atoms with Crippen LogP contribution in [0.2, 0.25) is 0 Å². The van der Waals surface area contributed by atoms with Crippen molar-refractivity contribution >= 4 is 17.3 Å². The second kappa shape index (κ2) is 6.26. The number of ketones is 1. The fraction of sp³-hybridized carbons (Fsp3) is 0.591. The number of hydrogen-bond acceptors (Lipinski definition) is 4. The van der Waals surface area contributed by atoms with Crippen LogP contribution in [-0.2, 0) is 9.53 Å². The summed E-state index contributed by atoms with van der Waals surface area (Å²) in [6, 6.07) is 3.69. The van der Waals surface area contributed by atoms with Crippen molar-refractivity contribution in [1.29, 1.82) is 0 Å². The Balaban J connectivity index is 1.27. The Bertz CT molecular complexity index is 832. The Kier molecular flexibility index (Phi) is 3.97. The van der Waals surface area contributed by atoms with E-state index >= 15 is 0 Å². The quantitative estimate of drug-likeness (QED) is 0.806. The van der Waals surface area contributed by atoms with Gasteiger partial charge in [-0.1, -0.05) is 12.5 Å². The molecule has 1 amide bonds. The number of aromatic nitrogens is 1. The highest BCUT2D eigenvalue weighted by molar-refractivity contribution is 6.05. The predicted octanol–water partition coefficient (Wildman–Crippen LogP) is 3.25. The van der Waals surface area contributed by atoms with E-state index in [2.05, 4.69) is 16.8 Å². The van der Waals surface area contributed by atoms with Crippen LogP contribution < -0.4 is 0 Å². The van der Waals surface area contributed by atoms with Gasteiger partial charge in [-0.15, -0.1) is 0 Å². The van der Waals surface area contributed by atoms with Gasteiger partial charge in [-0.25, -0.2) is 0 Å². The summed E-state index contributed by atoms with van der Waals surface area (Å²) in [5.74, 6) is 0.988. The third kappa shape index (κ3) is 2.92. The first-order valence-corrected chi connectivity index (χ1v) is 10.2. The number of likely N-dealkylation sites (tertiary alicyclic amines) is 1. The molecule has 27 heavy (non-hydrogen) atoms. The Morgan fingerprint density at radius 2 is 2.07 bits per heavy atom. The fourth-order valence-electron chi connectivity index (χ4n) is 4.85. The molecule has 1 atom stereocenters. The van der Waals surface area contributed by atoms with Gasteiger partial charge >= 0.3 is 0 Å². The average Bonchev–Trinajstić information content (AvgIpc) is 3.46. The molecule has 1 unspecified atom stereocenters. The molecule has 2 aliphatic heterocycles. The van der Waals surface area contributed by atoms with Crippen LogP contribution in [0.1, 0.15) is 61.5 Å². The average molecular weight is 366 g/mol. The van der Waals surface area contributed by atoms with Crippen molar-refractivity contribution in [3.05, 3.63) is 35.2 Å². The second-order valence-corrected chi connectivity index (χ2v) is 8.83. The molecule has 3 heterocycles. The van der Waals surface area contributed by atoms with Crippen LogP contribution in [0.4, 0.5) is 0 Å². The highest BCUT2D eigenvalue weighted by atomic mass is 16.5. The van der Waals surface area contributed by atoms with Crippen molar-refractivity contribution in [2.45, 2.75) is 51.6 Å². The standard InChI is InChI=1S/C22H26N2O3/c1-22(6-7-22)21(26)24-9-4-14(5-10-24)19-12-15-11-18(25)16-3-2-8-23-20(16)17(15)13-27-19/h2-3,8,14,19H,4-7,9-13H2,1H3. The third-order valence-electron chi connectivity index (χ3n) is 6.95. The van der Waals surface area contributed by atoms with E-state index in [1.807, 2.05) is 12.1 Å². The summed E-state index contributed by atoms with van der Waals surface area (Å²) in [4.78, 5) is 31.5. The van der Waals surface area contributed by atoms with Gasteiger partial charge in [-0.05, 0) is 50.2 Å². The summed E-state index contributed by atoms with van der Waals surface area (Å²) in [7, 11) is 0. The number of carbonyl (C=O) groups is 2. The van der Waals surface area contributed by atoms with Crippen LogP contribution in [0.15, 0.2) is 23.9 Å². The van der Waals surface area contributed by atoms with Crippen molar-refractivity contribution in [3.63, 3.8) is 0 Å². The highest BCUT2D eigenvalue weighted by Crippen LogP contribution is 2.47. The zero-order chi connectivity index (χ0) is 18.6.